The summed E-state index contributed by atoms with van der Waals surface area (Å²) in [5.74, 6) is -2.11. The summed E-state index contributed by atoms with van der Waals surface area (Å²) in [4.78, 5) is 49.3. The molecule has 0 aromatic heterocycles. The van der Waals surface area contributed by atoms with Crippen molar-refractivity contribution in [3.8, 4) is 0 Å². The fourth-order valence-electron chi connectivity index (χ4n) is 2.85. The van der Waals surface area contributed by atoms with Gasteiger partial charge in [-0.1, -0.05) is 13.8 Å². The largest absolute Gasteiger partial charge is 0.480 e. The van der Waals surface area contributed by atoms with Crippen molar-refractivity contribution in [3.05, 3.63) is 0 Å². The molecule has 0 aromatic carbocycles. The standard InChI is InChI=1S/C20H39N5O5S2/c1-12(2)10-15(19(28)25-16(11-31)20(29)30)24-18(27)14(6-4-5-8-21)23-17(26)13(22)7-9-32-3/h12-16,31H,4-11,21-22H2,1-3H3,(H,23,26)(H,24,27)(H,25,28)(H,29,30). The summed E-state index contributed by atoms with van der Waals surface area (Å²) in [5.41, 5.74) is 11.5. The topological polar surface area (TPSA) is 177 Å². The highest BCUT2D eigenvalue weighted by Crippen LogP contribution is 2.09. The number of hydrogen-bond acceptors (Lipinski definition) is 8. The number of nitrogens with one attached hydrogen (secondary N) is 3. The number of thiol groups is 1. The average Bonchev–Trinajstić information content (AvgIpc) is 2.73. The lowest BCUT2D eigenvalue weighted by atomic mass is 10.0. The van der Waals surface area contributed by atoms with Crippen LogP contribution in [0.15, 0.2) is 0 Å². The van der Waals surface area contributed by atoms with Gasteiger partial charge in [-0.3, -0.25) is 14.4 Å². The molecule has 0 heterocycles. The van der Waals surface area contributed by atoms with E-state index in [9.17, 15) is 19.2 Å². The van der Waals surface area contributed by atoms with Gasteiger partial charge >= 0.3 is 5.97 Å². The smallest absolute Gasteiger partial charge is 0.327 e. The van der Waals surface area contributed by atoms with Crippen LogP contribution in [-0.2, 0) is 19.2 Å². The van der Waals surface area contributed by atoms with Gasteiger partial charge in [0.25, 0.3) is 0 Å². The summed E-state index contributed by atoms with van der Waals surface area (Å²) in [7, 11) is 0. The van der Waals surface area contributed by atoms with Crippen LogP contribution in [0, 0.1) is 5.92 Å². The third kappa shape index (κ3) is 12.5. The van der Waals surface area contributed by atoms with E-state index in [0.717, 1.165) is 0 Å². The van der Waals surface area contributed by atoms with E-state index in [-0.39, 0.29) is 11.7 Å². The highest BCUT2D eigenvalue weighted by molar-refractivity contribution is 7.98. The molecule has 0 rings (SSSR count). The Balaban J connectivity index is 5.36. The molecule has 0 spiro atoms. The number of unbranched alkanes of at least 4 members (excludes halogenated alkanes) is 1. The van der Waals surface area contributed by atoms with E-state index in [4.69, 9.17) is 16.6 Å². The zero-order valence-corrected chi connectivity index (χ0v) is 20.8. The van der Waals surface area contributed by atoms with Gasteiger partial charge in [0, 0.05) is 5.75 Å². The lowest BCUT2D eigenvalue weighted by molar-refractivity contribution is -0.141. The quantitative estimate of drug-likeness (QED) is 0.107. The van der Waals surface area contributed by atoms with Crippen molar-refractivity contribution in [2.45, 2.75) is 70.1 Å². The molecule has 8 N–H and O–H groups in total. The van der Waals surface area contributed by atoms with E-state index in [1.165, 1.54) is 0 Å². The number of nitrogens with two attached hydrogens (primary N) is 2. The first-order valence-electron chi connectivity index (χ1n) is 10.8. The van der Waals surface area contributed by atoms with E-state index in [2.05, 4.69) is 28.6 Å². The Kier molecular flexibility index (Phi) is 16.2. The van der Waals surface area contributed by atoms with Crippen molar-refractivity contribution < 1.29 is 24.3 Å². The van der Waals surface area contributed by atoms with Crippen molar-refractivity contribution in [2.75, 3.05) is 24.3 Å². The summed E-state index contributed by atoms with van der Waals surface area (Å²) in [6.07, 6.45) is 4.31. The van der Waals surface area contributed by atoms with Gasteiger partial charge in [0.2, 0.25) is 17.7 Å². The molecule has 0 aliphatic rings. The predicted octanol–water partition coefficient (Wildman–Crippen LogP) is -0.289. The number of rotatable bonds is 17. The molecule has 0 fully saturated rings. The second kappa shape index (κ2) is 17.0. The summed E-state index contributed by atoms with van der Waals surface area (Å²) in [6, 6.07) is -3.75. The molecule has 4 atom stereocenters. The van der Waals surface area contributed by atoms with Crippen LogP contribution in [0.5, 0.6) is 0 Å². The Labute approximate surface area is 200 Å². The average molecular weight is 494 g/mol. The van der Waals surface area contributed by atoms with Gasteiger partial charge in [0.05, 0.1) is 6.04 Å². The molecule has 32 heavy (non-hydrogen) atoms. The maximum absolute atomic E-state index is 13.0. The molecule has 10 nitrogen and oxygen atoms in total. The maximum atomic E-state index is 13.0. The minimum Gasteiger partial charge on any atom is -0.480 e. The van der Waals surface area contributed by atoms with Crippen molar-refractivity contribution in [1.82, 2.24) is 16.0 Å². The maximum Gasteiger partial charge on any atom is 0.327 e. The van der Waals surface area contributed by atoms with E-state index in [0.29, 0.717) is 44.4 Å². The van der Waals surface area contributed by atoms with Gasteiger partial charge in [0.15, 0.2) is 0 Å². The van der Waals surface area contributed by atoms with Gasteiger partial charge in [-0.2, -0.15) is 24.4 Å². The van der Waals surface area contributed by atoms with Gasteiger partial charge in [-0.05, 0) is 56.6 Å². The van der Waals surface area contributed by atoms with Crippen LogP contribution in [0.25, 0.3) is 0 Å². The van der Waals surface area contributed by atoms with E-state index >= 15 is 0 Å². The SMILES string of the molecule is CSCCC(N)C(=O)NC(CCCCN)C(=O)NC(CC(C)C)C(=O)NC(CS)C(=O)O. The number of amides is 3. The van der Waals surface area contributed by atoms with Crippen LogP contribution in [0.4, 0.5) is 0 Å². The minimum absolute atomic E-state index is 0.0515. The van der Waals surface area contributed by atoms with E-state index < -0.39 is 47.9 Å². The molecule has 186 valence electrons. The first kappa shape index (κ1) is 30.5. The number of carbonyl (C=O) groups is 4. The predicted molar refractivity (Wildman–Crippen MR) is 131 cm³/mol. The highest BCUT2D eigenvalue weighted by atomic mass is 32.2. The highest BCUT2D eigenvalue weighted by Gasteiger charge is 2.30. The van der Waals surface area contributed by atoms with Gasteiger partial charge in [-0.15, -0.1) is 0 Å². The number of thioether (sulfide) groups is 1. The Morgan fingerprint density at radius 3 is 2.00 bits per heavy atom. The van der Waals surface area contributed by atoms with Crippen molar-refractivity contribution in [3.63, 3.8) is 0 Å². The van der Waals surface area contributed by atoms with Crippen LogP contribution in [0.3, 0.4) is 0 Å². The van der Waals surface area contributed by atoms with Crippen molar-refractivity contribution >= 4 is 48.1 Å². The Bertz CT molecular complexity index is 609. The zero-order chi connectivity index (χ0) is 24.7. The zero-order valence-electron chi connectivity index (χ0n) is 19.1. The van der Waals surface area contributed by atoms with E-state index in [1.807, 2.05) is 20.1 Å². The normalized spacial score (nSPS) is 14.8. The Morgan fingerprint density at radius 1 is 0.938 bits per heavy atom. The summed E-state index contributed by atoms with van der Waals surface area (Å²) >= 11 is 5.52. The first-order chi connectivity index (χ1) is 15.1. The summed E-state index contributed by atoms with van der Waals surface area (Å²) in [6.45, 7) is 4.21. The number of aliphatic carboxylic acids is 1. The summed E-state index contributed by atoms with van der Waals surface area (Å²) < 4.78 is 0. The first-order valence-corrected chi connectivity index (χ1v) is 12.8. The van der Waals surface area contributed by atoms with Gasteiger partial charge in [-0.25, -0.2) is 4.79 Å². The molecule has 4 unspecified atom stereocenters. The van der Waals surface area contributed by atoms with Crippen LogP contribution < -0.4 is 27.4 Å². The number of carboxylic acid groups (broad SMARTS) is 1. The van der Waals surface area contributed by atoms with Gasteiger partial charge in [0.1, 0.15) is 18.1 Å². The fourth-order valence-corrected chi connectivity index (χ4v) is 3.59. The fraction of sp³-hybridized carbons (Fsp3) is 0.800. The molecule has 0 aliphatic carbocycles. The van der Waals surface area contributed by atoms with Crippen molar-refractivity contribution in [2.24, 2.45) is 17.4 Å². The molecular weight excluding hydrogens is 454 g/mol. The van der Waals surface area contributed by atoms with Gasteiger partial charge < -0.3 is 32.5 Å². The second-order valence-electron chi connectivity index (χ2n) is 8.01. The van der Waals surface area contributed by atoms with Crippen LogP contribution in [0.1, 0.15) is 46.0 Å². The lowest BCUT2D eigenvalue weighted by Crippen LogP contribution is -2.57. The molecule has 3 amide bonds. The van der Waals surface area contributed by atoms with Crippen LogP contribution >= 0.6 is 24.4 Å². The lowest BCUT2D eigenvalue weighted by Gasteiger charge is -2.26. The minimum atomic E-state index is -1.21. The van der Waals surface area contributed by atoms with Crippen molar-refractivity contribution in [1.29, 1.82) is 0 Å². The third-order valence-corrected chi connectivity index (χ3v) is 5.70. The number of carbonyl (C=O) groups excluding carboxylic acids is 3. The van der Waals surface area contributed by atoms with E-state index in [1.54, 1.807) is 11.8 Å². The Hall–Kier alpha value is -1.50. The molecule has 0 bridgehead atoms. The summed E-state index contributed by atoms with van der Waals surface area (Å²) in [5, 5.41) is 16.9. The Morgan fingerprint density at radius 2 is 1.50 bits per heavy atom. The number of hydrogen-bond donors (Lipinski definition) is 7. The molecule has 0 aromatic rings. The monoisotopic (exact) mass is 493 g/mol. The second-order valence-corrected chi connectivity index (χ2v) is 9.36. The van der Waals surface area contributed by atoms with Crippen LogP contribution in [0.2, 0.25) is 0 Å². The third-order valence-electron chi connectivity index (χ3n) is 4.69. The molecule has 0 saturated heterocycles. The van der Waals surface area contributed by atoms with Crippen LogP contribution in [-0.4, -0.2) is 77.3 Å². The molecule has 12 heteroatoms. The molecular formula is C20H39N5O5S2. The molecule has 0 aliphatic heterocycles. The molecule has 0 radical (unpaired) electrons. The molecule has 0 saturated carbocycles. The number of carboxylic acids is 1.